The van der Waals surface area contributed by atoms with Crippen LogP contribution in [0.2, 0.25) is 0 Å². The Hall–Kier alpha value is -1.76. The van der Waals surface area contributed by atoms with E-state index >= 15 is 0 Å². The number of benzene rings is 2. The molecule has 0 aromatic heterocycles. The highest BCUT2D eigenvalue weighted by molar-refractivity contribution is 7.89. The van der Waals surface area contributed by atoms with Crippen LogP contribution in [0.15, 0.2) is 42.5 Å². The lowest BCUT2D eigenvalue weighted by molar-refractivity contribution is 0.552. The van der Waals surface area contributed by atoms with Gasteiger partial charge >= 0.3 is 0 Å². The van der Waals surface area contributed by atoms with Gasteiger partial charge in [-0.25, -0.2) is 17.5 Å². The van der Waals surface area contributed by atoms with Gasteiger partial charge in [-0.15, -0.1) is 0 Å². The van der Waals surface area contributed by atoms with Gasteiger partial charge in [-0.2, -0.15) is 0 Å². The lowest BCUT2D eigenvalue weighted by atomic mass is 9.95. The summed E-state index contributed by atoms with van der Waals surface area (Å²) in [5.41, 5.74) is 4.21. The number of halogens is 1. The van der Waals surface area contributed by atoms with Crippen LogP contribution >= 0.6 is 0 Å². The largest absolute Gasteiger partial charge is 0.313 e. The molecular formula is C21H27FN2O2S. The number of nitrogens with one attached hydrogen (secondary N) is 2. The summed E-state index contributed by atoms with van der Waals surface area (Å²) in [7, 11) is -3.40. The Bertz CT molecular complexity index is 884. The maximum atomic E-state index is 13.6. The molecule has 1 aliphatic heterocycles. The Balaban J connectivity index is 1.92. The van der Waals surface area contributed by atoms with E-state index < -0.39 is 16.1 Å². The summed E-state index contributed by atoms with van der Waals surface area (Å²) in [6.45, 7) is 3.62. The topological polar surface area (TPSA) is 58.2 Å². The first-order valence-electron chi connectivity index (χ1n) is 9.53. The summed E-state index contributed by atoms with van der Waals surface area (Å²) in [4.78, 5) is 0. The average Bonchev–Trinajstić information content (AvgIpc) is 2.85. The van der Waals surface area contributed by atoms with Gasteiger partial charge in [-0.3, -0.25) is 0 Å². The zero-order valence-corrected chi connectivity index (χ0v) is 16.5. The second kappa shape index (κ2) is 8.95. The number of sulfonamides is 1. The first-order valence-corrected chi connectivity index (χ1v) is 11.2. The standard InChI is InChI=1S/C21H27FN2O2S/c1-2-11-27(25,26)24-21(13-16-5-3-7-20(22)12-16)18-9-8-17-6-4-10-23-15-19(17)14-18/h3,5,7-9,12,14,21,23-24H,2,4,6,10-11,13,15H2,1H3. The highest BCUT2D eigenvalue weighted by Crippen LogP contribution is 2.24. The summed E-state index contributed by atoms with van der Waals surface area (Å²) < 4.78 is 41.3. The SMILES string of the molecule is CCCS(=O)(=O)NC(Cc1cccc(F)c1)c1ccc2c(c1)CNCCC2. The zero-order valence-electron chi connectivity index (χ0n) is 15.7. The Morgan fingerprint density at radius 2 is 2.04 bits per heavy atom. The van der Waals surface area contributed by atoms with E-state index in [-0.39, 0.29) is 11.6 Å². The van der Waals surface area contributed by atoms with Crippen LogP contribution < -0.4 is 10.0 Å². The minimum absolute atomic E-state index is 0.0825. The summed E-state index contributed by atoms with van der Waals surface area (Å²) in [5.74, 6) is -0.229. The lowest BCUT2D eigenvalue weighted by Gasteiger charge is -2.21. The number of hydrogen-bond donors (Lipinski definition) is 2. The normalized spacial score (nSPS) is 15.8. The molecule has 0 saturated heterocycles. The van der Waals surface area contributed by atoms with Crippen LogP contribution in [0.25, 0.3) is 0 Å². The number of aryl methyl sites for hydroxylation is 1. The number of fused-ring (bicyclic) bond motifs is 1. The van der Waals surface area contributed by atoms with Crippen molar-refractivity contribution in [2.24, 2.45) is 0 Å². The van der Waals surface area contributed by atoms with Crippen molar-refractivity contribution in [3.63, 3.8) is 0 Å². The summed E-state index contributed by atoms with van der Waals surface area (Å²) in [6.07, 6.45) is 3.09. The third-order valence-corrected chi connectivity index (χ3v) is 6.46. The molecule has 6 heteroatoms. The minimum Gasteiger partial charge on any atom is -0.313 e. The molecule has 27 heavy (non-hydrogen) atoms. The van der Waals surface area contributed by atoms with Gasteiger partial charge in [0.2, 0.25) is 10.0 Å². The molecule has 0 spiro atoms. The maximum Gasteiger partial charge on any atom is 0.212 e. The lowest BCUT2D eigenvalue weighted by Crippen LogP contribution is -2.32. The maximum absolute atomic E-state index is 13.6. The second-order valence-corrected chi connectivity index (χ2v) is 9.01. The van der Waals surface area contributed by atoms with E-state index in [1.54, 1.807) is 6.07 Å². The van der Waals surface area contributed by atoms with E-state index in [4.69, 9.17) is 0 Å². The van der Waals surface area contributed by atoms with Crippen molar-refractivity contribution in [3.8, 4) is 0 Å². The molecule has 2 N–H and O–H groups in total. The van der Waals surface area contributed by atoms with E-state index in [2.05, 4.69) is 22.2 Å². The number of rotatable bonds is 7. The van der Waals surface area contributed by atoms with Crippen LogP contribution in [-0.2, 0) is 29.4 Å². The Kier molecular flexibility index (Phi) is 6.63. The fraction of sp³-hybridized carbons (Fsp3) is 0.429. The van der Waals surface area contributed by atoms with Crippen molar-refractivity contribution < 1.29 is 12.8 Å². The van der Waals surface area contributed by atoms with Crippen LogP contribution in [0.1, 0.15) is 48.1 Å². The third-order valence-electron chi connectivity index (χ3n) is 4.87. The van der Waals surface area contributed by atoms with Gasteiger partial charge < -0.3 is 5.32 Å². The summed E-state index contributed by atoms with van der Waals surface area (Å²) >= 11 is 0. The van der Waals surface area contributed by atoms with Crippen molar-refractivity contribution in [2.75, 3.05) is 12.3 Å². The monoisotopic (exact) mass is 390 g/mol. The van der Waals surface area contributed by atoms with E-state index in [1.165, 1.54) is 23.3 Å². The summed E-state index contributed by atoms with van der Waals surface area (Å²) in [5, 5.41) is 3.41. The average molecular weight is 391 g/mol. The molecule has 0 amide bonds. The van der Waals surface area contributed by atoms with Gasteiger partial charge in [-0.1, -0.05) is 37.3 Å². The van der Waals surface area contributed by atoms with Gasteiger partial charge in [0.15, 0.2) is 0 Å². The van der Waals surface area contributed by atoms with E-state index in [0.717, 1.165) is 37.1 Å². The van der Waals surface area contributed by atoms with Gasteiger partial charge in [0.25, 0.3) is 0 Å². The molecule has 1 unspecified atom stereocenters. The molecule has 1 atom stereocenters. The zero-order chi connectivity index (χ0) is 19.3. The van der Waals surface area contributed by atoms with Gasteiger partial charge in [0, 0.05) is 6.54 Å². The predicted octanol–water partition coefficient (Wildman–Crippen LogP) is 3.47. The smallest absolute Gasteiger partial charge is 0.212 e. The van der Waals surface area contributed by atoms with E-state index in [0.29, 0.717) is 12.8 Å². The Morgan fingerprint density at radius 1 is 1.19 bits per heavy atom. The van der Waals surface area contributed by atoms with Gasteiger partial charge in [0.1, 0.15) is 5.82 Å². The van der Waals surface area contributed by atoms with E-state index in [1.807, 2.05) is 19.1 Å². The van der Waals surface area contributed by atoms with Crippen LogP contribution in [0.4, 0.5) is 4.39 Å². The molecule has 1 aliphatic rings. The fourth-order valence-corrected chi connectivity index (χ4v) is 4.88. The molecule has 0 fully saturated rings. The van der Waals surface area contributed by atoms with Crippen molar-refractivity contribution in [2.45, 2.75) is 45.2 Å². The van der Waals surface area contributed by atoms with Crippen molar-refractivity contribution >= 4 is 10.0 Å². The van der Waals surface area contributed by atoms with Crippen LogP contribution in [-0.4, -0.2) is 20.7 Å². The molecule has 0 radical (unpaired) electrons. The van der Waals surface area contributed by atoms with Crippen LogP contribution in [0, 0.1) is 5.82 Å². The van der Waals surface area contributed by atoms with Crippen LogP contribution in [0.3, 0.4) is 0 Å². The molecule has 3 rings (SSSR count). The first kappa shape index (κ1) is 20.0. The van der Waals surface area contributed by atoms with Crippen molar-refractivity contribution in [1.29, 1.82) is 0 Å². The van der Waals surface area contributed by atoms with Gasteiger partial charge in [-0.05, 0) is 66.6 Å². The quantitative estimate of drug-likeness (QED) is 0.761. The van der Waals surface area contributed by atoms with E-state index in [9.17, 15) is 12.8 Å². The Morgan fingerprint density at radius 3 is 2.81 bits per heavy atom. The van der Waals surface area contributed by atoms with Crippen LogP contribution in [0.5, 0.6) is 0 Å². The fourth-order valence-electron chi connectivity index (χ4n) is 3.57. The second-order valence-electron chi connectivity index (χ2n) is 7.13. The minimum atomic E-state index is -3.40. The van der Waals surface area contributed by atoms with Crippen molar-refractivity contribution in [1.82, 2.24) is 10.0 Å². The molecule has 146 valence electrons. The molecule has 2 aromatic rings. The third kappa shape index (κ3) is 5.61. The Labute approximate surface area is 161 Å². The predicted molar refractivity (Wildman–Crippen MR) is 107 cm³/mol. The molecule has 2 aromatic carbocycles. The summed E-state index contributed by atoms with van der Waals surface area (Å²) in [6, 6.07) is 12.1. The molecule has 0 saturated carbocycles. The highest BCUT2D eigenvalue weighted by Gasteiger charge is 2.21. The highest BCUT2D eigenvalue weighted by atomic mass is 32.2. The first-order chi connectivity index (χ1) is 13.0. The van der Waals surface area contributed by atoms with Crippen molar-refractivity contribution in [3.05, 3.63) is 70.5 Å². The molecule has 0 aliphatic carbocycles. The molecule has 0 bridgehead atoms. The van der Waals surface area contributed by atoms with Gasteiger partial charge in [0.05, 0.1) is 11.8 Å². The molecule has 1 heterocycles. The molecule has 4 nitrogen and oxygen atoms in total. The number of hydrogen-bond acceptors (Lipinski definition) is 3. The molecular weight excluding hydrogens is 363 g/mol.